The zero-order valence-electron chi connectivity index (χ0n) is 18.0. The van der Waals surface area contributed by atoms with Gasteiger partial charge in [0.2, 0.25) is 0 Å². The predicted octanol–water partition coefficient (Wildman–Crippen LogP) is 3.31. The maximum Gasteiger partial charge on any atom is 0.307 e. The number of rotatable bonds is 15. The monoisotopic (exact) mass is 434 g/mol. The molecule has 0 radical (unpaired) electrons. The van der Waals surface area contributed by atoms with Gasteiger partial charge in [0.15, 0.2) is 0 Å². The average molecular weight is 435 g/mol. The van der Waals surface area contributed by atoms with E-state index in [1.54, 1.807) is 21.6 Å². The van der Waals surface area contributed by atoms with Gasteiger partial charge in [0.1, 0.15) is 13.2 Å². The van der Waals surface area contributed by atoms with Gasteiger partial charge in [0.25, 0.3) is 0 Å². The van der Waals surface area contributed by atoms with E-state index in [1.807, 2.05) is 6.92 Å². The zero-order valence-corrected chi connectivity index (χ0v) is 19.7. The van der Waals surface area contributed by atoms with Crippen LogP contribution in [0.3, 0.4) is 0 Å². The number of ether oxygens (including phenoxy) is 2. The number of carbonyl (C=O) groups excluding carboxylic acids is 2. The summed E-state index contributed by atoms with van der Waals surface area (Å²) in [6, 6.07) is 0. The van der Waals surface area contributed by atoms with Crippen molar-refractivity contribution < 1.29 is 19.1 Å². The summed E-state index contributed by atoms with van der Waals surface area (Å²) in [6.07, 6.45) is 2.74. The third kappa shape index (κ3) is 10.4. The fraction of sp³-hybridized carbons (Fsp3) is 0.900. The lowest BCUT2D eigenvalue weighted by Crippen LogP contribution is -2.37. The number of esters is 2. The molecule has 0 amide bonds. The summed E-state index contributed by atoms with van der Waals surface area (Å²) in [5.41, 5.74) is -0.246. The lowest BCUT2D eigenvalue weighted by atomic mass is 9.95. The van der Waals surface area contributed by atoms with Crippen LogP contribution in [0.2, 0.25) is 0 Å². The summed E-state index contributed by atoms with van der Waals surface area (Å²) in [5.74, 6) is 1.36. The minimum Gasteiger partial charge on any atom is -0.465 e. The van der Waals surface area contributed by atoms with Gasteiger partial charge in [-0.2, -0.15) is 0 Å². The van der Waals surface area contributed by atoms with Gasteiger partial charge in [-0.15, -0.1) is 0 Å². The largest absolute Gasteiger partial charge is 0.465 e. The molecule has 28 heavy (non-hydrogen) atoms. The highest BCUT2D eigenvalue weighted by Crippen LogP contribution is 2.43. The van der Waals surface area contributed by atoms with E-state index in [2.05, 4.69) is 30.7 Å². The summed E-state index contributed by atoms with van der Waals surface area (Å²) in [5, 5.41) is 0. The molecular weight excluding hydrogens is 396 g/mol. The fourth-order valence-electron chi connectivity index (χ4n) is 2.80. The second kappa shape index (κ2) is 14.5. The molecule has 1 fully saturated rings. The Labute approximate surface area is 178 Å². The first-order valence-corrected chi connectivity index (χ1v) is 12.9. The Morgan fingerprint density at radius 3 is 2.04 bits per heavy atom. The van der Waals surface area contributed by atoms with Gasteiger partial charge in [-0.05, 0) is 46.1 Å². The van der Waals surface area contributed by atoms with Crippen LogP contribution in [0.5, 0.6) is 0 Å². The normalized spacial score (nSPS) is 15.9. The van der Waals surface area contributed by atoms with Gasteiger partial charge in [0, 0.05) is 24.5 Å². The van der Waals surface area contributed by atoms with E-state index in [4.69, 9.17) is 9.47 Å². The molecule has 0 aromatic heterocycles. The van der Waals surface area contributed by atoms with Gasteiger partial charge in [0.05, 0.1) is 11.8 Å². The molecule has 164 valence electrons. The van der Waals surface area contributed by atoms with E-state index in [0.29, 0.717) is 26.1 Å². The van der Waals surface area contributed by atoms with Crippen molar-refractivity contribution in [2.75, 3.05) is 64.5 Å². The van der Waals surface area contributed by atoms with Crippen molar-refractivity contribution in [2.45, 2.75) is 46.5 Å². The maximum atomic E-state index is 12.3. The number of nitrogens with zero attached hydrogens (tertiary/aromatic N) is 2. The second-order valence-corrected chi connectivity index (χ2v) is 9.99. The number of hydrogen-bond donors (Lipinski definition) is 0. The quantitative estimate of drug-likeness (QED) is 0.287. The Morgan fingerprint density at radius 2 is 1.50 bits per heavy atom. The van der Waals surface area contributed by atoms with E-state index in [0.717, 1.165) is 57.1 Å². The van der Waals surface area contributed by atoms with Crippen LogP contribution >= 0.6 is 21.6 Å². The summed E-state index contributed by atoms with van der Waals surface area (Å²) in [6.45, 7) is 11.7. The van der Waals surface area contributed by atoms with Crippen molar-refractivity contribution in [1.82, 2.24) is 9.80 Å². The minimum atomic E-state index is -0.246. The first kappa shape index (κ1) is 25.6. The van der Waals surface area contributed by atoms with E-state index in [9.17, 15) is 9.59 Å². The van der Waals surface area contributed by atoms with E-state index in [-0.39, 0.29) is 17.4 Å². The van der Waals surface area contributed by atoms with Crippen molar-refractivity contribution >= 4 is 33.5 Å². The molecule has 0 bridgehead atoms. The van der Waals surface area contributed by atoms with E-state index < -0.39 is 0 Å². The van der Waals surface area contributed by atoms with Crippen LogP contribution in [0, 0.1) is 5.41 Å². The highest BCUT2D eigenvalue weighted by atomic mass is 33.1. The Hall–Kier alpha value is -0.440. The molecule has 1 rings (SSSR count). The lowest BCUT2D eigenvalue weighted by molar-refractivity contribution is -0.152. The van der Waals surface area contributed by atoms with Gasteiger partial charge in [-0.3, -0.25) is 9.59 Å². The molecule has 6 nitrogen and oxygen atoms in total. The standard InChI is InChI=1S/C20H38N2O4S2/c1-5-9-18(23)25-14-20(16-27-28-17-20)15-26-19(24)10-13-22(7-3)12-8-11-21(4)6-2/h5-17H2,1-4H3. The van der Waals surface area contributed by atoms with Crippen molar-refractivity contribution in [3.05, 3.63) is 0 Å². The minimum absolute atomic E-state index is 0.162. The number of carbonyl (C=O) groups is 2. The van der Waals surface area contributed by atoms with Crippen LogP contribution in [0.25, 0.3) is 0 Å². The molecule has 1 heterocycles. The zero-order chi connectivity index (χ0) is 20.8. The molecule has 0 saturated carbocycles. The average Bonchev–Trinajstić information content (AvgIpc) is 3.16. The molecule has 0 aromatic rings. The van der Waals surface area contributed by atoms with Gasteiger partial charge in [-0.1, -0.05) is 42.4 Å². The third-order valence-electron chi connectivity index (χ3n) is 4.98. The molecule has 0 aliphatic carbocycles. The smallest absolute Gasteiger partial charge is 0.307 e. The first-order chi connectivity index (χ1) is 13.4. The highest BCUT2D eigenvalue weighted by Gasteiger charge is 2.38. The van der Waals surface area contributed by atoms with Crippen molar-refractivity contribution in [1.29, 1.82) is 0 Å². The summed E-state index contributed by atoms with van der Waals surface area (Å²) < 4.78 is 11.0. The molecule has 1 aliphatic rings. The first-order valence-electron chi connectivity index (χ1n) is 10.4. The van der Waals surface area contributed by atoms with Gasteiger partial charge in [-0.25, -0.2) is 0 Å². The van der Waals surface area contributed by atoms with Crippen LogP contribution in [-0.4, -0.2) is 86.2 Å². The Morgan fingerprint density at radius 1 is 0.893 bits per heavy atom. The van der Waals surface area contributed by atoms with Crippen molar-refractivity contribution in [3.63, 3.8) is 0 Å². The van der Waals surface area contributed by atoms with E-state index >= 15 is 0 Å². The summed E-state index contributed by atoms with van der Waals surface area (Å²) in [4.78, 5) is 28.5. The van der Waals surface area contributed by atoms with Gasteiger partial charge < -0.3 is 19.3 Å². The van der Waals surface area contributed by atoms with Crippen molar-refractivity contribution in [2.24, 2.45) is 5.41 Å². The van der Waals surface area contributed by atoms with Crippen LogP contribution in [0.1, 0.15) is 46.5 Å². The van der Waals surface area contributed by atoms with Crippen molar-refractivity contribution in [3.8, 4) is 0 Å². The highest BCUT2D eigenvalue weighted by molar-refractivity contribution is 8.77. The van der Waals surface area contributed by atoms with Gasteiger partial charge >= 0.3 is 11.9 Å². The Balaban J connectivity index is 2.32. The predicted molar refractivity (Wildman–Crippen MR) is 119 cm³/mol. The molecular formula is C20H38N2O4S2. The van der Waals surface area contributed by atoms with Crippen LogP contribution in [0.4, 0.5) is 0 Å². The molecule has 0 unspecified atom stereocenters. The van der Waals surface area contributed by atoms with Crippen LogP contribution < -0.4 is 0 Å². The third-order valence-corrected chi connectivity index (χ3v) is 7.81. The molecule has 0 N–H and O–H groups in total. The molecule has 0 aromatic carbocycles. The molecule has 8 heteroatoms. The maximum absolute atomic E-state index is 12.3. The number of hydrogen-bond acceptors (Lipinski definition) is 8. The summed E-state index contributed by atoms with van der Waals surface area (Å²) in [7, 11) is 5.64. The topological polar surface area (TPSA) is 59.1 Å². The second-order valence-electron chi connectivity index (χ2n) is 7.53. The Bertz CT molecular complexity index is 459. The summed E-state index contributed by atoms with van der Waals surface area (Å²) >= 11 is 0. The Kier molecular flexibility index (Phi) is 13.3. The SMILES string of the molecule is CCCC(=O)OCC1(COC(=O)CCN(CC)CCCN(C)CC)CSSC1. The fourth-order valence-corrected chi connectivity index (χ4v) is 6.13. The van der Waals surface area contributed by atoms with E-state index in [1.165, 1.54) is 0 Å². The van der Waals surface area contributed by atoms with Crippen LogP contribution in [-0.2, 0) is 19.1 Å². The molecule has 0 atom stereocenters. The lowest BCUT2D eigenvalue weighted by Gasteiger charge is -2.26. The molecule has 1 aliphatic heterocycles. The van der Waals surface area contributed by atoms with Crippen LogP contribution in [0.15, 0.2) is 0 Å². The molecule has 0 spiro atoms. The molecule has 1 saturated heterocycles.